The predicted octanol–water partition coefficient (Wildman–Crippen LogP) is 3.64. The molecule has 0 aliphatic heterocycles. The SMILES string of the molecule is CN=C(NCc1cccc(F)c1)NCc1ccc(OCC(F)(F)F)c(OC)c1. The second kappa shape index (κ2) is 9.82. The smallest absolute Gasteiger partial charge is 0.422 e. The number of ether oxygens (including phenoxy) is 2. The number of alkyl halides is 3. The Bertz CT molecular complexity index is 810. The van der Waals surface area contributed by atoms with Crippen LogP contribution in [0.5, 0.6) is 11.5 Å². The average molecular weight is 399 g/mol. The molecule has 0 amide bonds. The van der Waals surface area contributed by atoms with E-state index in [1.807, 2.05) is 0 Å². The highest BCUT2D eigenvalue weighted by Crippen LogP contribution is 2.29. The Morgan fingerprint density at radius 2 is 1.68 bits per heavy atom. The summed E-state index contributed by atoms with van der Waals surface area (Å²) in [6.45, 7) is -0.665. The zero-order chi connectivity index (χ0) is 20.6. The second-order valence-electron chi connectivity index (χ2n) is 5.80. The van der Waals surface area contributed by atoms with Gasteiger partial charge < -0.3 is 20.1 Å². The van der Waals surface area contributed by atoms with Crippen molar-refractivity contribution in [2.75, 3.05) is 20.8 Å². The molecule has 0 atom stereocenters. The number of hydrogen-bond acceptors (Lipinski definition) is 3. The molecule has 9 heteroatoms. The summed E-state index contributed by atoms with van der Waals surface area (Å²) in [5.74, 6) is 0.381. The molecule has 2 N–H and O–H groups in total. The zero-order valence-corrected chi connectivity index (χ0v) is 15.4. The van der Waals surface area contributed by atoms with Crippen LogP contribution in [0.15, 0.2) is 47.5 Å². The lowest BCUT2D eigenvalue weighted by atomic mass is 10.2. The lowest BCUT2D eigenvalue weighted by Gasteiger charge is -2.15. The average Bonchev–Trinajstić information content (AvgIpc) is 2.66. The van der Waals surface area contributed by atoms with Crippen LogP contribution in [0, 0.1) is 5.82 Å². The first-order valence-corrected chi connectivity index (χ1v) is 8.36. The normalized spacial score (nSPS) is 11.9. The number of nitrogens with one attached hydrogen (secondary N) is 2. The molecule has 0 spiro atoms. The van der Waals surface area contributed by atoms with Crippen LogP contribution in [0.4, 0.5) is 17.6 Å². The number of guanidine groups is 1. The molecule has 0 unspecified atom stereocenters. The van der Waals surface area contributed by atoms with Crippen LogP contribution in [0.3, 0.4) is 0 Å². The quantitative estimate of drug-likeness (QED) is 0.424. The molecule has 0 radical (unpaired) electrons. The number of methoxy groups -OCH3 is 1. The fraction of sp³-hybridized carbons (Fsp3) is 0.316. The van der Waals surface area contributed by atoms with Crippen LogP contribution >= 0.6 is 0 Å². The number of rotatable bonds is 7. The van der Waals surface area contributed by atoms with Crippen molar-refractivity contribution in [2.45, 2.75) is 19.3 Å². The molecule has 2 rings (SSSR count). The Morgan fingerprint density at radius 3 is 2.25 bits per heavy atom. The highest BCUT2D eigenvalue weighted by molar-refractivity contribution is 5.79. The fourth-order valence-electron chi connectivity index (χ4n) is 2.34. The molecule has 0 aromatic heterocycles. The Morgan fingerprint density at radius 1 is 1.00 bits per heavy atom. The van der Waals surface area contributed by atoms with Crippen LogP contribution in [0.1, 0.15) is 11.1 Å². The molecule has 0 heterocycles. The van der Waals surface area contributed by atoms with Gasteiger partial charge in [0.1, 0.15) is 5.82 Å². The molecule has 0 bridgehead atoms. The monoisotopic (exact) mass is 399 g/mol. The Balaban J connectivity index is 1.92. The summed E-state index contributed by atoms with van der Waals surface area (Å²) in [4.78, 5) is 4.08. The molecule has 0 saturated carbocycles. The Hall–Kier alpha value is -2.97. The van der Waals surface area contributed by atoms with E-state index < -0.39 is 12.8 Å². The Kier molecular flexibility index (Phi) is 7.48. The Labute approximate surface area is 160 Å². The highest BCUT2D eigenvalue weighted by atomic mass is 19.4. The third-order valence-electron chi connectivity index (χ3n) is 3.65. The van der Waals surface area contributed by atoms with Gasteiger partial charge in [0.15, 0.2) is 24.1 Å². The van der Waals surface area contributed by atoms with Gasteiger partial charge in [-0.05, 0) is 35.4 Å². The minimum absolute atomic E-state index is 0.0113. The van der Waals surface area contributed by atoms with Crippen LogP contribution in [-0.2, 0) is 13.1 Å². The van der Waals surface area contributed by atoms with Gasteiger partial charge in [-0.15, -0.1) is 0 Å². The summed E-state index contributed by atoms with van der Waals surface area (Å²) in [5, 5.41) is 6.12. The van der Waals surface area contributed by atoms with E-state index in [1.165, 1.54) is 25.3 Å². The van der Waals surface area contributed by atoms with Crippen molar-refractivity contribution in [3.63, 3.8) is 0 Å². The molecule has 0 fully saturated rings. The zero-order valence-electron chi connectivity index (χ0n) is 15.4. The van der Waals surface area contributed by atoms with Gasteiger partial charge in [0.25, 0.3) is 0 Å². The maximum absolute atomic E-state index is 13.2. The number of aliphatic imine (C=N–C) groups is 1. The summed E-state index contributed by atoms with van der Waals surface area (Å²) in [5.41, 5.74) is 1.51. The van der Waals surface area contributed by atoms with E-state index in [-0.39, 0.29) is 17.3 Å². The van der Waals surface area contributed by atoms with Crippen molar-refractivity contribution in [3.05, 3.63) is 59.4 Å². The largest absolute Gasteiger partial charge is 0.493 e. The van der Waals surface area contributed by atoms with Crippen molar-refractivity contribution in [3.8, 4) is 11.5 Å². The lowest BCUT2D eigenvalue weighted by molar-refractivity contribution is -0.153. The number of nitrogens with zero attached hydrogens (tertiary/aromatic N) is 1. The molecule has 0 saturated heterocycles. The molecular formula is C19H21F4N3O2. The molecule has 28 heavy (non-hydrogen) atoms. The summed E-state index contributed by atoms with van der Waals surface area (Å²) in [7, 11) is 2.95. The molecule has 5 nitrogen and oxygen atoms in total. The van der Waals surface area contributed by atoms with E-state index in [0.29, 0.717) is 19.0 Å². The van der Waals surface area contributed by atoms with E-state index in [4.69, 9.17) is 9.47 Å². The van der Waals surface area contributed by atoms with Gasteiger partial charge in [0.2, 0.25) is 0 Å². The summed E-state index contributed by atoms with van der Waals surface area (Å²) in [6.07, 6.45) is -4.43. The van der Waals surface area contributed by atoms with Crippen LogP contribution in [0.2, 0.25) is 0 Å². The minimum atomic E-state index is -4.43. The molecule has 0 aliphatic rings. The van der Waals surface area contributed by atoms with Crippen LogP contribution in [-0.4, -0.2) is 32.9 Å². The summed E-state index contributed by atoms with van der Waals surface area (Å²) in [6, 6.07) is 10.8. The van der Waals surface area contributed by atoms with Crippen molar-refractivity contribution >= 4 is 5.96 Å². The van der Waals surface area contributed by atoms with E-state index in [1.54, 1.807) is 31.3 Å². The van der Waals surface area contributed by atoms with Gasteiger partial charge in [0, 0.05) is 20.1 Å². The summed E-state index contributed by atoms with van der Waals surface area (Å²) >= 11 is 0. The van der Waals surface area contributed by atoms with Gasteiger partial charge in [-0.3, -0.25) is 4.99 Å². The van der Waals surface area contributed by atoms with Crippen LogP contribution in [0.25, 0.3) is 0 Å². The molecular weight excluding hydrogens is 378 g/mol. The van der Waals surface area contributed by atoms with Gasteiger partial charge in [-0.25, -0.2) is 4.39 Å². The van der Waals surface area contributed by atoms with Gasteiger partial charge in [-0.1, -0.05) is 18.2 Å². The third-order valence-corrected chi connectivity index (χ3v) is 3.65. The maximum Gasteiger partial charge on any atom is 0.422 e. The molecule has 2 aromatic rings. The van der Waals surface area contributed by atoms with Crippen LogP contribution < -0.4 is 20.1 Å². The van der Waals surface area contributed by atoms with E-state index in [9.17, 15) is 17.6 Å². The number of benzene rings is 2. The molecule has 152 valence electrons. The van der Waals surface area contributed by atoms with Gasteiger partial charge in [0.05, 0.1) is 7.11 Å². The lowest BCUT2D eigenvalue weighted by Crippen LogP contribution is -2.36. The van der Waals surface area contributed by atoms with Crippen molar-refractivity contribution in [1.29, 1.82) is 0 Å². The van der Waals surface area contributed by atoms with Gasteiger partial charge in [-0.2, -0.15) is 13.2 Å². The van der Waals surface area contributed by atoms with Crippen molar-refractivity contribution < 1.29 is 27.0 Å². The van der Waals surface area contributed by atoms with E-state index in [0.717, 1.165) is 11.1 Å². The van der Waals surface area contributed by atoms with Gasteiger partial charge >= 0.3 is 6.18 Å². The third kappa shape index (κ3) is 6.98. The van der Waals surface area contributed by atoms with E-state index >= 15 is 0 Å². The van der Waals surface area contributed by atoms with E-state index in [2.05, 4.69) is 15.6 Å². The first kappa shape index (κ1) is 21.3. The fourth-order valence-corrected chi connectivity index (χ4v) is 2.34. The number of halogens is 4. The predicted molar refractivity (Wildman–Crippen MR) is 98.0 cm³/mol. The standard InChI is InChI=1S/C19H21F4N3O2/c1-24-18(25-10-13-4-3-5-15(20)8-13)26-11-14-6-7-16(17(9-14)27-2)28-12-19(21,22)23/h3-9H,10-12H2,1-2H3,(H2,24,25,26). The first-order chi connectivity index (χ1) is 13.3. The first-order valence-electron chi connectivity index (χ1n) is 8.36. The highest BCUT2D eigenvalue weighted by Gasteiger charge is 2.29. The molecule has 2 aromatic carbocycles. The topological polar surface area (TPSA) is 54.9 Å². The van der Waals surface area contributed by atoms with Crippen molar-refractivity contribution in [2.24, 2.45) is 4.99 Å². The summed E-state index contributed by atoms with van der Waals surface area (Å²) < 4.78 is 60.0. The second-order valence-corrected chi connectivity index (χ2v) is 5.80. The minimum Gasteiger partial charge on any atom is -0.493 e. The van der Waals surface area contributed by atoms with Crippen molar-refractivity contribution in [1.82, 2.24) is 10.6 Å². The maximum atomic E-state index is 13.2. The number of hydrogen-bond donors (Lipinski definition) is 2. The molecule has 0 aliphatic carbocycles.